The zero-order valence-corrected chi connectivity index (χ0v) is 20.2. The molecule has 0 bridgehead atoms. The van der Waals surface area contributed by atoms with Gasteiger partial charge in [-0.2, -0.15) is 26.3 Å². The Morgan fingerprint density at radius 2 is 1.54 bits per heavy atom. The van der Waals surface area contributed by atoms with Crippen molar-refractivity contribution in [2.24, 2.45) is 0 Å². The maximum atomic E-state index is 13.7. The topological polar surface area (TPSA) is 53.2 Å². The summed E-state index contributed by atoms with van der Waals surface area (Å²) in [7, 11) is 0. The van der Waals surface area contributed by atoms with Crippen LogP contribution in [0.25, 0.3) is 6.08 Å². The zero-order chi connectivity index (χ0) is 26.6. The minimum absolute atomic E-state index is 0.0724. The molecule has 0 spiro atoms. The van der Waals surface area contributed by atoms with Crippen molar-refractivity contribution < 1.29 is 31.1 Å². The van der Waals surface area contributed by atoms with Crippen LogP contribution in [0.5, 0.6) is 0 Å². The molecular weight excluding hydrogens is 566 g/mol. The Morgan fingerprint density at radius 1 is 0.943 bits per heavy atom. The molecule has 1 atom stereocenters. The molecule has 0 radical (unpaired) electrons. The van der Waals surface area contributed by atoms with E-state index in [1.165, 1.54) is 18.2 Å². The van der Waals surface area contributed by atoms with Gasteiger partial charge in [-0.05, 0) is 35.4 Å². The Hall–Kier alpha value is -2.27. The van der Waals surface area contributed by atoms with E-state index in [0.717, 1.165) is 24.3 Å². The molecule has 2 aromatic rings. The summed E-state index contributed by atoms with van der Waals surface area (Å²) in [5.41, 5.74) is 4.15. The van der Waals surface area contributed by atoms with Crippen LogP contribution >= 0.6 is 46.4 Å². The van der Waals surface area contributed by atoms with Gasteiger partial charge in [0.25, 0.3) is 5.91 Å². The molecule has 0 aliphatic rings. The van der Waals surface area contributed by atoms with Crippen molar-refractivity contribution in [3.8, 4) is 0 Å². The molecule has 0 fully saturated rings. The zero-order valence-electron chi connectivity index (χ0n) is 17.2. The predicted molar refractivity (Wildman–Crippen MR) is 125 cm³/mol. The summed E-state index contributed by atoms with van der Waals surface area (Å²) in [6, 6.07) is 5.90. The Morgan fingerprint density at radius 3 is 2.06 bits per heavy atom. The Kier molecular flexibility index (Phi) is 9.63. The molecule has 4 nitrogen and oxygen atoms in total. The molecule has 190 valence electrons. The van der Waals surface area contributed by atoms with E-state index in [4.69, 9.17) is 46.4 Å². The minimum atomic E-state index is -4.69. The van der Waals surface area contributed by atoms with Gasteiger partial charge < -0.3 is 5.32 Å². The monoisotopic (exact) mass is 579 g/mol. The second-order valence-electron chi connectivity index (χ2n) is 6.94. The number of allylic oxidation sites excluding steroid dienone is 1. The highest BCUT2D eigenvalue weighted by Gasteiger charge is 2.39. The number of hydrogen-bond acceptors (Lipinski definition) is 3. The molecule has 35 heavy (non-hydrogen) atoms. The molecule has 14 heteroatoms. The summed E-state index contributed by atoms with van der Waals surface area (Å²) >= 11 is 23.6. The van der Waals surface area contributed by atoms with Crippen LogP contribution in [0.3, 0.4) is 0 Å². The highest BCUT2D eigenvalue weighted by Crippen LogP contribution is 2.41. The normalized spacial score (nSPS) is 13.0. The van der Waals surface area contributed by atoms with Crippen molar-refractivity contribution >= 4 is 58.4 Å². The third-order valence-electron chi connectivity index (χ3n) is 4.27. The van der Waals surface area contributed by atoms with Crippen LogP contribution < -0.4 is 16.2 Å². The van der Waals surface area contributed by atoms with Gasteiger partial charge in [0.05, 0.1) is 31.6 Å². The number of halogens is 10. The van der Waals surface area contributed by atoms with Crippen LogP contribution in [0.1, 0.15) is 27.4 Å². The van der Waals surface area contributed by atoms with E-state index in [2.05, 4.69) is 17.4 Å². The summed E-state index contributed by atoms with van der Waals surface area (Å²) in [6.45, 7) is 1.90. The third-order valence-corrected chi connectivity index (χ3v) is 5.78. The molecule has 0 saturated carbocycles. The lowest BCUT2D eigenvalue weighted by Gasteiger charge is -2.18. The summed E-state index contributed by atoms with van der Waals surface area (Å²) in [4.78, 5) is 12.2. The standard InChI is InChI=1S/C21H15Cl4F6N3O/c1-10(32-9-20(26,27)28)33-34-19(35)13-4-2-11(6-15(13)22)3-5-14(21(29,30)31)12-7-16(23)18(25)17(24)8-12/h2-8,14,32-33H,1,9H2,(H,34,35)/b5-3+. The van der Waals surface area contributed by atoms with Crippen molar-refractivity contribution in [1.29, 1.82) is 0 Å². The predicted octanol–water partition coefficient (Wildman–Crippen LogP) is 7.52. The van der Waals surface area contributed by atoms with Crippen molar-refractivity contribution in [2.45, 2.75) is 18.3 Å². The molecule has 1 amide bonds. The van der Waals surface area contributed by atoms with Gasteiger partial charge in [-0.1, -0.05) is 71.2 Å². The first-order chi connectivity index (χ1) is 16.1. The Balaban J connectivity index is 2.15. The van der Waals surface area contributed by atoms with Gasteiger partial charge in [0.1, 0.15) is 12.4 Å². The maximum Gasteiger partial charge on any atom is 0.405 e. The number of rotatable bonds is 8. The van der Waals surface area contributed by atoms with Gasteiger partial charge in [-0.25, -0.2) is 0 Å². The largest absolute Gasteiger partial charge is 0.405 e. The maximum absolute atomic E-state index is 13.7. The fourth-order valence-corrected chi connectivity index (χ4v) is 3.53. The average molecular weight is 581 g/mol. The molecule has 2 rings (SSSR count). The van der Waals surface area contributed by atoms with Crippen molar-refractivity contribution in [2.75, 3.05) is 6.54 Å². The van der Waals surface area contributed by atoms with Gasteiger partial charge in [-0.15, -0.1) is 0 Å². The summed E-state index contributed by atoms with van der Waals surface area (Å²) in [6.07, 6.45) is -7.17. The van der Waals surface area contributed by atoms with Crippen LogP contribution in [0, 0.1) is 0 Å². The minimum Gasteiger partial charge on any atom is -0.362 e. The first-order valence-electron chi connectivity index (χ1n) is 9.33. The fraction of sp³-hybridized carbons (Fsp3) is 0.190. The molecule has 0 aromatic heterocycles. The van der Waals surface area contributed by atoms with Crippen LogP contribution in [-0.4, -0.2) is 24.8 Å². The summed E-state index contributed by atoms with van der Waals surface area (Å²) in [5.74, 6) is -3.22. The van der Waals surface area contributed by atoms with Crippen molar-refractivity contribution in [3.63, 3.8) is 0 Å². The van der Waals surface area contributed by atoms with E-state index >= 15 is 0 Å². The van der Waals surface area contributed by atoms with E-state index in [-0.39, 0.29) is 42.6 Å². The number of carbonyl (C=O) groups excluding carboxylic acids is 1. The van der Waals surface area contributed by atoms with Crippen LogP contribution in [0.2, 0.25) is 20.1 Å². The van der Waals surface area contributed by atoms with E-state index in [9.17, 15) is 31.1 Å². The highest BCUT2D eigenvalue weighted by molar-refractivity contribution is 6.48. The van der Waals surface area contributed by atoms with Crippen LogP contribution in [0.4, 0.5) is 26.3 Å². The number of amides is 1. The number of alkyl halides is 6. The SMILES string of the molecule is C=C(NCC(F)(F)F)NNC(=O)c1ccc(/C=C/C(c2cc(Cl)c(Cl)c(Cl)c2)C(F)(F)F)cc1Cl. The third kappa shape index (κ3) is 8.71. The molecule has 3 N–H and O–H groups in total. The summed E-state index contributed by atoms with van der Waals surface area (Å²) < 4.78 is 77.5. The lowest BCUT2D eigenvalue weighted by Crippen LogP contribution is -2.42. The first-order valence-corrected chi connectivity index (χ1v) is 10.8. The lowest BCUT2D eigenvalue weighted by molar-refractivity contribution is -0.139. The highest BCUT2D eigenvalue weighted by atomic mass is 35.5. The number of hydrazine groups is 1. The molecule has 0 saturated heterocycles. The van der Waals surface area contributed by atoms with E-state index < -0.39 is 30.7 Å². The van der Waals surface area contributed by atoms with Crippen LogP contribution in [-0.2, 0) is 0 Å². The number of hydrogen-bond donors (Lipinski definition) is 3. The number of benzene rings is 2. The summed E-state index contributed by atoms with van der Waals surface area (Å²) in [5, 5.41) is 1.44. The van der Waals surface area contributed by atoms with Gasteiger partial charge in [0.15, 0.2) is 0 Å². The number of nitrogens with one attached hydrogen (secondary N) is 3. The molecular formula is C21H15Cl4F6N3O. The number of carbonyl (C=O) groups is 1. The second-order valence-corrected chi connectivity index (χ2v) is 8.54. The lowest BCUT2D eigenvalue weighted by atomic mass is 9.97. The Bertz CT molecular complexity index is 1110. The van der Waals surface area contributed by atoms with Gasteiger partial charge in [0, 0.05) is 0 Å². The Labute approximate surface area is 215 Å². The van der Waals surface area contributed by atoms with Gasteiger partial charge in [-0.3, -0.25) is 15.6 Å². The van der Waals surface area contributed by atoms with E-state index in [1.807, 2.05) is 5.32 Å². The molecule has 0 aliphatic heterocycles. The van der Waals surface area contributed by atoms with Crippen molar-refractivity contribution in [1.82, 2.24) is 16.2 Å². The van der Waals surface area contributed by atoms with Crippen molar-refractivity contribution in [3.05, 3.63) is 85.6 Å². The molecule has 2 aromatic carbocycles. The van der Waals surface area contributed by atoms with Gasteiger partial charge >= 0.3 is 12.4 Å². The van der Waals surface area contributed by atoms with Crippen LogP contribution in [0.15, 0.2) is 48.8 Å². The second kappa shape index (κ2) is 11.6. The van der Waals surface area contributed by atoms with Gasteiger partial charge in [0.2, 0.25) is 0 Å². The van der Waals surface area contributed by atoms with E-state index in [0.29, 0.717) is 0 Å². The molecule has 1 unspecified atom stereocenters. The molecule has 0 heterocycles. The average Bonchev–Trinajstić information content (AvgIpc) is 2.73. The fourth-order valence-electron chi connectivity index (χ4n) is 2.64. The smallest absolute Gasteiger partial charge is 0.362 e. The molecule has 0 aliphatic carbocycles. The first kappa shape index (κ1) is 29.0. The quantitative estimate of drug-likeness (QED) is 0.172. The van der Waals surface area contributed by atoms with E-state index in [1.54, 1.807) is 0 Å².